The van der Waals surface area contributed by atoms with Crippen LogP contribution in [0.15, 0.2) is 41.9 Å². The molecule has 0 spiro atoms. The van der Waals surface area contributed by atoms with Crippen LogP contribution in [0.3, 0.4) is 0 Å². The van der Waals surface area contributed by atoms with Gasteiger partial charge in [-0.25, -0.2) is 4.98 Å². The highest BCUT2D eigenvalue weighted by Crippen LogP contribution is 2.27. The summed E-state index contributed by atoms with van der Waals surface area (Å²) in [5, 5.41) is 12.6. The Morgan fingerprint density at radius 1 is 1.42 bits per heavy atom. The molecule has 7 nitrogen and oxygen atoms in total. The number of hydrogen-bond acceptors (Lipinski definition) is 6. The van der Waals surface area contributed by atoms with Crippen LogP contribution in [0.25, 0.3) is 10.6 Å². The molecule has 134 valence electrons. The summed E-state index contributed by atoms with van der Waals surface area (Å²) >= 11 is 1.68. The average molecular weight is 369 g/mol. The van der Waals surface area contributed by atoms with Crippen LogP contribution in [0.4, 0.5) is 5.82 Å². The van der Waals surface area contributed by atoms with E-state index in [2.05, 4.69) is 37.5 Å². The third-order valence-corrected chi connectivity index (χ3v) is 5.31. The molecule has 3 aromatic rings. The monoisotopic (exact) mass is 369 g/mol. The molecule has 26 heavy (non-hydrogen) atoms. The number of anilines is 1. The predicted molar refractivity (Wildman–Crippen MR) is 101 cm³/mol. The van der Waals surface area contributed by atoms with Gasteiger partial charge in [0, 0.05) is 37.5 Å². The summed E-state index contributed by atoms with van der Waals surface area (Å²) in [5.41, 5.74) is 1.55. The lowest BCUT2D eigenvalue weighted by atomic mass is 10.2. The normalized spacial score (nSPS) is 16.7. The van der Waals surface area contributed by atoms with E-state index in [1.165, 1.54) is 11.1 Å². The molecule has 1 fully saturated rings. The summed E-state index contributed by atoms with van der Waals surface area (Å²) in [4.78, 5) is 19.8. The minimum Gasteiger partial charge on any atom is -0.481 e. The maximum atomic E-state index is 12.4. The van der Waals surface area contributed by atoms with Crippen LogP contribution < -0.4 is 15.0 Å². The number of methoxy groups -OCH3 is 1. The summed E-state index contributed by atoms with van der Waals surface area (Å²) in [7, 11) is 1.55. The van der Waals surface area contributed by atoms with Crippen LogP contribution in [-0.4, -0.2) is 47.3 Å². The Bertz CT molecular complexity index is 875. The molecule has 1 aliphatic heterocycles. The van der Waals surface area contributed by atoms with Gasteiger partial charge in [-0.2, -0.15) is 5.10 Å². The quantitative estimate of drug-likeness (QED) is 0.722. The van der Waals surface area contributed by atoms with Crippen molar-refractivity contribution in [1.29, 1.82) is 0 Å². The first-order valence-electron chi connectivity index (χ1n) is 8.38. The highest BCUT2D eigenvalue weighted by Gasteiger charge is 2.26. The molecular weight excluding hydrogens is 350 g/mol. The van der Waals surface area contributed by atoms with Gasteiger partial charge in [-0.05, 0) is 23.9 Å². The topological polar surface area (TPSA) is 83.1 Å². The second-order valence-electron chi connectivity index (χ2n) is 6.11. The third kappa shape index (κ3) is 3.41. The number of rotatable bonds is 5. The molecule has 0 aromatic carbocycles. The molecule has 1 amide bonds. The fraction of sp³-hybridized carbons (Fsp3) is 0.278. The zero-order valence-electron chi connectivity index (χ0n) is 14.3. The molecule has 0 bridgehead atoms. The van der Waals surface area contributed by atoms with Gasteiger partial charge >= 0.3 is 0 Å². The summed E-state index contributed by atoms with van der Waals surface area (Å²) in [6, 6.07) is 9.64. The number of ether oxygens (including phenoxy) is 1. The lowest BCUT2D eigenvalue weighted by Gasteiger charge is -2.16. The maximum Gasteiger partial charge on any atom is 0.253 e. The number of nitrogens with zero attached hydrogens (tertiary/aromatic N) is 3. The number of aromatic nitrogens is 3. The van der Waals surface area contributed by atoms with Gasteiger partial charge in [0.2, 0.25) is 5.88 Å². The molecule has 0 saturated carbocycles. The van der Waals surface area contributed by atoms with E-state index < -0.39 is 0 Å². The van der Waals surface area contributed by atoms with Crippen molar-refractivity contribution in [2.24, 2.45) is 0 Å². The van der Waals surface area contributed by atoms with Gasteiger partial charge in [-0.15, -0.1) is 11.3 Å². The number of pyridine rings is 1. The second kappa shape index (κ2) is 7.17. The standard InChI is InChI=1S/C18H19N5O2S/c1-25-17-5-4-12(10-19-17)18(24)20-13-6-7-23(11-13)16-9-14(21-22-16)15-3-2-8-26-15/h2-5,8-10,13H,6-7,11H2,1H3,(H,20,24)(H,21,22)/t13-/m1/s1. The van der Waals surface area contributed by atoms with Crippen molar-refractivity contribution in [2.75, 3.05) is 25.1 Å². The highest BCUT2D eigenvalue weighted by molar-refractivity contribution is 7.13. The Morgan fingerprint density at radius 3 is 3.08 bits per heavy atom. The Balaban J connectivity index is 1.37. The molecule has 4 rings (SSSR count). The summed E-state index contributed by atoms with van der Waals surface area (Å²) in [6.07, 6.45) is 2.42. The van der Waals surface area contributed by atoms with Crippen LogP contribution in [0, 0.1) is 0 Å². The number of nitrogens with one attached hydrogen (secondary N) is 2. The van der Waals surface area contributed by atoms with Gasteiger partial charge in [-0.3, -0.25) is 9.89 Å². The minimum atomic E-state index is -0.117. The Morgan fingerprint density at radius 2 is 2.35 bits per heavy atom. The lowest BCUT2D eigenvalue weighted by Crippen LogP contribution is -2.37. The van der Waals surface area contributed by atoms with E-state index in [0.717, 1.165) is 31.0 Å². The molecule has 4 heterocycles. The van der Waals surface area contributed by atoms with E-state index in [9.17, 15) is 4.79 Å². The fourth-order valence-electron chi connectivity index (χ4n) is 3.02. The largest absolute Gasteiger partial charge is 0.481 e. The summed E-state index contributed by atoms with van der Waals surface area (Å²) in [6.45, 7) is 1.60. The van der Waals surface area contributed by atoms with Crippen LogP contribution in [0.5, 0.6) is 5.88 Å². The van der Waals surface area contributed by atoms with Crippen LogP contribution in [0.1, 0.15) is 16.8 Å². The van der Waals surface area contributed by atoms with Gasteiger partial charge in [0.05, 0.1) is 23.2 Å². The van der Waals surface area contributed by atoms with Crippen molar-refractivity contribution in [1.82, 2.24) is 20.5 Å². The maximum absolute atomic E-state index is 12.4. The second-order valence-corrected chi connectivity index (χ2v) is 7.06. The Labute approximate surface area is 155 Å². The number of aromatic amines is 1. The smallest absolute Gasteiger partial charge is 0.253 e. The van der Waals surface area contributed by atoms with Crippen molar-refractivity contribution in [3.8, 4) is 16.5 Å². The average Bonchev–Trinajstić information content (AvgIpc) is 3.41. The van der Waals surface area contributed by atoms with Crippen molar-refractivity contribution in [3.05, 3.63) is 47.5 Å². The molecule has 0 radical (unpaired) electrons. The Kier molecular flexibility index (Phi) is 4.57. The molecule has 0 unspecified atom stereocenters. The van der Waals surface area contributed by atoms with Gasteiger partial charge in [0.25, 0.3) is 5.91 Å². The summed E-state index contributed by atoms with van der Waals surface area (Å²) in [5.74, 6) is 1.29. The Hall–Kier alpha value is -2.87. The molecule has 1 atom stereocenters. The van der Waals surface area contributed by atoms with E-state index in [-0.39, 0.29) is 11.9 Å². The molecular formula is C18H19N5O2S. The zero-order valence-corrected chi connectivity index (χ0v) is 15.1. The van der Waals surface area contributed by atoms with E-state index >= 15 is 0 Å². The fourth-order valence-corrected chi connectivity index (χ4v) is 3.71. The number of thiophene rings is 1. The molecule has 2 N–H and O–H groups in total. The number of amides is 1. The number of H-pyrrole nitrogens is 1. The van der Waals surface area contributed by atoms with Crippen molar-refractivity contribution in [3.63, 3.8) is 0 Å². The van der Waals surface area contributed by atoms with Crippen LogP contribution in [-0.2, 0) is 0 Å². The molecule has 1 aliphatic rings. The third-order valence-electron chi connectivity index (χ3n) is 4.41. The van der Waals surface area contributed by atoms with E-state index in [4.69, 9.17) is 4.74 Å². The van der Waals surface area contributed by atoms with E-state index in [0.29, 0.717) is 11.4 Å². The van der Waals surface area contributed by atoms with Crippen molar-refractivity contribution < 1.29 is 9.53 Å². The van der Waals surface area contributed by atoms with Crippen LogP contribution >= 0.6 is 11.3 Å². The molecule has 8 heteroatoms. The number of hydrogen-bond donors (Lipinski definition) is 2. The highest BCUT2D eigenvalue weighted by atomic mass is 32.1. The molecule has 0 aliphatic carbocycles. The zero-order chi connectivity index (χ0) is 17.9. The van der Waals surface area contributed by atoms with Crippen molar-refractivity contribution in [2.45, 2.75) is 12.5 Å². The minimum absolute atomic E-state index is 0.0893. The first-order chi connectivity index (χ1) is 12.7. The summed E-state index contributed by atoms with van der Waals surface area (Å²) < 4.78 is 5.02. The van der Waals surface area contributed by atoms with Gasteiger partial charge in [-0.1, -0.05) is 6.07 Å². The number of carbonyl (C=O) groups is 1. The van der Waals surface area contributed by atoms with E-state index in [1.54, 1.807) is 30.6 Å². The van der Waals surface area contributed by atoms with Crippen LogP contribution in [0.2, 0.25) is 0 Å². The molecule has 3 aromatic heterocycles. The SMILES string of the molecule is COc1ccc(C(=O)N[C@@H]2CCN(c3cc(-c4cccs4)[nH]n3)C2)cn1. The number of carbonyl (C=O) groups excluding carboxylic acids is 1. The lowest BCUT2D eigenvalue weighted by molar-refractivity contribution is 0.0940. The van der Waals surface area contributed by atoms with Gasteiger partial charge in [0.15, 0.2) is 5.82 Å². The van der Waals surface area contributed by atoms with Gasteiger partial charge in [0.1, 0.15) is 0 Å². The molecule has 1 saturated heterocycles. The predicted octanol–water partition coefficient (Wildman–Crippen LogP) is 2.55. The first kappa shape index (κ1) is 16.6. The van der Waals surface area contributed by atoms with Gasteiger partial charge < -0.3 is 15.0 Å². The van der Waals surface area contributed by atoms with E-state index in [1.807, 2.05) is 11.4 Å². The van der Waals surface area contributed by atoms with Crippen molar-refractivity contribution >= 4 is 23.1 Å². The first-order valence-corrected chi connectivity index (χ1v) is 9.26.